The van der Waals surface area contributed by atoms with Gasteiger partial charge in [0.25, 0.3) is 0 Å². The Morgan fingerprint density at radius 3 is 2.58 bits per heavy atom. The van der Waals surface area contributed by atoms with Crippen molar-refractivity contribution in [2.45, 2.75) is 46.1 Å². The van der Waals surface area contributed by atoms with Crippen molar-refractivity contribution in [3.63, 3.8) is 0 Å². The van der Waals surface area contributed by atoms with E-state index in [-0.39, 0.29) is 5.56 Å². The number of carboxylic acids is 1. The van der Waals surface area contributed by atoms with Crippen LogP contribution in [0.1, 0.15) is 50.4 Å². The largest absolute Gasteiger partial charge is 0.478 e. The van der Waals surface area contributed by atoms with E-state index in [0.29, 0.717) is 11.7 Å². The number of hydrogen-bond acceptors (Lipinski definition) is 3. The number of aromatic carboxylic acids is 1. The summed E-state index contributed by atoms with van der Waals surface area (Å²) in [4.78, 5) is 13.2. The molecule has 19 heavy (non-hydrogen) atoms. The number of unbranched alkanes of at least 4 members (excludes halogenated alkanes) is 1. The first kappa shape index (κ1) is 15.3. The van der Waals surface area contributed by atoms with E-state index in [9.17, 15) is 4.79 Å². The first-order valence-electron chi connectivity index (χ1n) is 6.90. The SMILES string of the molecule is CCCCN(c1ccc(C(=O)O)cc1N)C(C)CC. The van der Waals surface area contributed by atoms with E-state index in [0.717, 1.165) is 31.5 Å². The molecule has 0 aliphatic rings. The molecule has 1 atom stereocenters. The fraction of sp³-hybridized carbons (Fsp3) is 0.533. The van der Waals surface area contributed by atoms with Crippen LogP contribution in [-0.2, 0) is 0 Å². The maximum atomic E-state index is 10.9. The summed E-state index contributed by atoms with van der Waals surface area (Å²) in [6, 6.07) is 5.37. The van der Waals surface area contributed by atoms with E-state index < -0.39 is 5.97 Å². The van der Waals surface area contributed by atoms with Gasteiger partial charge in [0.05, 0.1) is 16.9 Å². The first-order valence-corrected chi connectivity index (χ1v) is 6.90. The summed E-state index contributed by atoms with van der Waals surface area (Å²) in [6.07, 6.45) is 3.26. The van der Waals surface area contributed by atoms with Crippen molar-refractivity contribution in [1.82, 2.24) is 0 Å². The second-order valence-corrected chi connectivity index (χ2v) is 4.88. The van der Waals surface area contributed by atoms with Crippen molar-refractivity contribution in [2.75, 3.05) is 17.2 Å². The van der Waals surface area contributed by atoms with E-state index in [1.54, 1.807) is 12.1 Å². The number of anilines is 2. The Hall–Kier alpha value is -1.71. The number of carbonyl (C=O) groups is 1. The average molecular weight is 264 g/mol. The number of benzene rings is 1. The van der Waals surface area contributed by atoms with Gasteiger partial charge in [-0.15, -0.1) is 0 Å². The van der Waals surface area contributed by atoms with Gasteiger partial charge in [-0.2, -0.15) is 0 Å². The summed E-state index contributed by atoms with van der Waals surface area (Å²) < 4.78 is 0. The Kier molecular flexibility index (Phi) is 5.67. The van der Waals surface area contributed by atoms with Gasteiger partial charge in [0.1, 0.15) is 0 Å². The van der Waals surface area contributed by atoms with E-state index in [1.807, 2.05) is 6.07 Å². The molecular weight excluding hydrogens is 240 g/mol. The normalized spacial score (nSPS) is 12.2. The Bertz CT molecular complexity index is 432. The predicted molar refractivity (Wildman–Crippen MR) is 79.8 cm³/mol. The highest BCUT2D eigenvalue weighted by molar-refractivity contribution is 5.90. The molecule has 0 bridgehead atoms. The molecular formula is C15H24N2O2. The van der Waals surface area contributed by atoms with Crippen molar-refractivity contribution < 1.29 is 9.90 Å². The van der Waals surface area contributed by atoms with Crippen LogP contribution in [-0.4, -0.2) is 23.7 Å². The minimum Gasteiger partial charge on any atom is -0.478 e. The van der Waals surface area contributed by atoms with Gasteiger partial charge in [0, 0.05) is 12.6 Å². The van der Waals surface area contributed by atoms with E-state index in [2.05, 4.69) is 25.7 Å². The summed E-state index contributed by atoms with van der Waals surface area (Å²) >= 11 is 0. The minimum atomic E-state index is -0.943. The van der Waals surface area contributed by atoms with E-state index in [1.165, 1.54) is 0 Å². The lowest BCUT2D eigenvalue weighted by atomic mass is 10.1. The molecule has 1 aromatic carbocycles. The molecule has 4 heteroatoms. The number of carboxylic acid groups (broad SMARTS) is 1. The van der Waals surface area contributed by atoms with Gasteiger partial charge in [-0.3, -0.25) is 0 Å². The molecule has 1 aromatic rings. The van der Waals surface area contributed by atoms with Crippen molar-refractivity contribution in [3.8, 4) is 0 Å². The van der Waals surface area contributed by atoms with Crippen LogP contribution < -0.4 is 10.6 Å². The molecule has 1 unspecified atom stereocenters. The Morgan fingerprint density at radius 2 is 2.11 bits per heavy atom. The summed E-state index contributed by atoms with van der Waals surface area (Å²) in [7, 11) is 0. The van der Waals surface area contributed by atoms with Crippen LogP contribution in [0, 0.1) is 0 Å². The Labute approximate surface area is 115 Å². The van der Waals surface area contributed by atoms with Gasteiger partial charge < -0.3 is 15.7 Å². The molecule has 106 valence electrons. The van der Waals surface area contributed by atoms with Crippen molar-refractivity contribution in [2.24, 2.45) is 0 Å². The van der Waals surface area contributed by atoms with Gasteiger partial charge in [-0.1, -0.05) is 20.3 Å². The highest BCUT2D eigenvalue weighted by Gasteiger charge is 2.16. The Morgan fingerprint density at radius 1 is 1.42 bits per heavy atom. The number of nitrogen functional groups attached to an aromatic ring is 1. The fourth-order valence-electron chi connectivity index (χ4n) is 2.08. The summed E-state index contributed by atoms with van der Waals surface area (Å²) in [5.41, 5.74) is 7.73. The molecule has 0 spiro atoms. The smallest absolute Gasteiger partial charge is 0.335 e. The lowest BCUT2D eigenvalue weighted by molar-refractivity contribution is 0.0697. The number of nitrogens with zero attached hydrogens (tertiary/aromatic N) is 1. The van der Waals surface area contributed by atoms with Gasteiger partial charge in [0.15, 0.2) is 0 Å². The van der Waals surface area contributed by atoms with E-state index >= 15 is 0 Å². The topological polar surface area (TPSA) is 66.6 Å². The van der Waals surface area contributed by atoms with Gasteiger partial charge in [-0.05, 0) is 38.0 Å². The summed E-state index contributed by atoms with van der Waals surface area (Å²) in [5, 5.41) is 8.97. The molecule has 4 nitrogen and oxygen atoms in total. The van der Waals surface area contributed by atoms with Gasteiger partial charge in [0.2, 0.25) is 0 Å². The molecule has 0 saturated heterocycles. The van der Waals surface area contributed by atoms with Crippen LogP contribution >= 0.6 is 0 Å². The number of nitrogens with two attached hydrogens (primary N) is 1. The molecule has 0 heterocycles. The molecule has 0 amide bonds. The molecule has 0 saturated carbocycles. The lowest BCUT2D eigenvalue weighted by Crippen LogP contribution is -2.34. The quantitative estimate of drug-likeness (QED) is 0.741. The molecule has 0 aliphatic carbocycles. The maximum absolute atomic E-state index is 10.9. The number of hydrogen-bond donors (Lipinski definition) is 2. The lowest BCUT2D eigenvalue weighted by Gasteiger charge is -2.32. The van der Waals surface area contributed by atoms with Crippen LogP contribution in [0.2, 0.25) is 0 Å². The zero-order valence-corrected chi connectivity index (χ0v) is 12.0. The van der Waals surface area contributed by atoms with Crippen LogP contribution in [0.4, 0.5) is 11.4 Å². The van der Waals surface area contributed by atoms with Crippen molar-refractivity contribution in [1.29, 1.82) is 0 Å². The van der Waals surface area contributed by atoms with Crippen LogP contribution in [0.5, 0.6) is 0 Å². The minimum absolute atomic E-state index is 0.237. The zero-order chi connectivity index (χ0) is 14.4. The monoisotopic (exact) mass is 264 g/mol. The van der Waals surface area contributed by atoms with Crippen molar-refractivity contribution >= 4 is 17.3 Å². The van der Waals surface area contributed by atoms with Crippen LogP contribution in [0.3, 0.4) is 0 Å². The molecule has 1 rings (SSSR count). The third kappa shape index (κ3) is 3.88. The molecule has 0 aromatic heterocycles. The van der Waals surface area contributed by atoms with Crippen LogP contribution in [0.25, 0.3) is 0 Å². The third-order valence-corrected chi connectivity index (χ3v) is 3.46. The highest BCUT2D eigenvalue weighted by atomic mass is 16.4. The summed E-state index contributed by atoms with van der Waals surface area (Å²) in [6.45, 7) is 7.42. The first-order chi connectivity index (χ1) is 9.01. The maximum Gasteiger partial charge on any atom is 0.335 e. The van der Waals surface area contributed by atoms with E-state index in [4.69, 9.17) is 10.8 Å². The fourth-order valence-corrected chi connectivity index (χ4v) is 2.08. The predicted octanol–water partition coefficient (Wildman–Crippen LogP) is 3.37. The molecule has 0 fully saturated rings. The zero-order valence-electron chi connectivity index (χ0n) is 12.0. The summed E-state index contributed by atoms with van der Waals surface area (Å²) in [5.74, 6) is -0.943. The third-order valence-electron chi connectivity index (χ3n) is 3.46. The Balaban J connectivity index is 3.04. The highest BCUT2D eigenvalue weighted by Crippen LogP contribution is 2.27. The molecule has 0 aliphatic heterocycles. The van der Waals surface area contributed by atoms with Gasteiger partial charge in [-0.25, -0.2) is 4.79 Å². The number of rotatable bonds is 7. The van der Waals surface area contributed by atoms with Gasteiger partial charge >= 0.3 is 5.97 Å². The second-order valence-electron chi connectivity index (χ2n) is 4.88. The standard InChI is InChI=1S/C15H24N2O2/c1-4-6-9-17(11(3)5-2)14-8-7-12(15(18)19)10-13(14)16/h7-8,10-11H,4-6,9,16H2,1-3H3,(H,18,19). The molecule has 3 N–H and O–H groups in total. The average Bonchev–Trinajstić information content (AvgIpc) is 2.39. The molecule has 0 radical (unpaired) electrons. The van der Waals surface area contributed by atoms with Crippen LogP contribution in [0.15, 0.2) is 18.2 Å². The second kappa shape index (κ2) is 7.02. The van der Waals surface area contributed by atoms with Crippen molar-refractivity contribution in [3.05, 3.63) is 23.8 Å².